The number of hydrogen-bond donors (Lipinski definition) is 2. The number of piperidine rings is 1. The summed E-state index contributed by atoms with van der Waals surface area (Å²) < 4.78 is 28.7. The Morgan fingerprint density at radius 1 is 1.38 bits per heavy atom. The minimum atomic E-state index is -3.54. The summed E-state index contributed by atoms with van der Waals surface area (Å²) in [5, 5.41) is 3.30. The zero-order chi connectivity index (χ0) is 15.6. The first-order valence-electron chi connectivity index (χ1n) is 7.04. The van der Waals surface area contributed by atoms with Gasteiger partial charge in [-0.15, -0.1) is 0 Å². The van der Waals surface area contributed by atoms with E-state index in [1.54, 1.807) is 12.1 Å². The fourth-order valence-corrected chi connectivity index (χ4v) is 4.78. The summed E-state index contributed by atoms with van der Waals surface area (Å²) in [5.74, 6) is 0. The predicted molar refractivity (Wildman–Crippen MR) is 89.3 cm³/mol. The van der Waals surface area contributed by atoms with E-state index in [2.05, 4.69) is 26.0 Å². The molecule has 118 valence electrons. The lowest BCUT2D eigenvalue weighted by Crippen LogP contribution is -2.51. The van der Waals surface area contributed by atoms with Crippen LogP contribution < -0.4 is 14.9 Å². The molecule has 2 rings (SSSR count). The Kier molecular flexibility index (Phi) is 5.29. The van der Waals surface area contributed by atoms with Gasteiger partial charge in [-0.25, -0.2) is 13.1 Å². The first-order valence-corrected chi connectivity index (χ1v) is 9.31. The van der Waals surface area contributed by atoms with Gasteiger partial charge in [-0.05, 0) is 60.4 Å². The minimum absolute atomic E-state index is 0.0707. The van der Waals surface area contributed by atoms with Crippen molar-refractivity contribution in [1.29, 1.82) is 0 Å². The Balaban J connectivity index is 2.28. The maximum absolute atomic E-state index is 12.7. The van der Waals surface area contributed by atoms with Crippen LogP contribution in [0.1, 0.15) is 19.8 Å². The van der Waals surface area contributed by atoms with Crippen molar-refractivity contribution >= 4 is 31.6 Å². The zero-order valence-corrected chi connectivity index (χ0v) is 15.0. The third kappa shape index (κ3) is 3.97. The standard InChI is InChI=1S/C14H22BrN3O2S/c1-10-13(5-4-8-16-10)17-21(19,20)14-9-11(18(2)3)6-7-12(14)15/h6-7,9-10,13,16-17H,4-5,8H2,1-3H3. The maximum Gasteiger partial charge on any atom is 0.242 e. The topological polar surface area (TPSA) is 61.4 Å². The fraction of sp³-hybridized carbons (Fsp3) is 0.571. The molecule has 0 radical (unpaired) electrons. The van der Waals surface area contributed by atoms with E-state index in [0.29, 0.717) is 4.47 Å². The summed E-state index contributed by atoms with van der Waals surface area (Å²) in [6.45, 7) is 2.96. The molecule has 1 heterocycles. The molecule has 1 aromatic carbocycles. The van der Waals surface area contributed by atoms with E-state index in [1.807, 2.05) is 32.0 Å². The number of hydrogen-bond acceptors (Lipinski definition) is 4. The Morgan fingerprint density at radius 3 is 2.71 bits per heavy atom. The number of nitrogens with one attached hydrogen (secondary N) is 2. The second-order valence-electron chi connectivity index (χ2n) is 5.62. The fourth-order valence-electron chi connectivity index (χ4n) is 2.44. The third-order valence-corrected chi connectivity index (χ3v) is 6.27. The monoisotopic (exact) mass is 375 g/mol. The van der Waals surface area contributed by atoms with Crippen LogP contribution in [0.3, 0.4) is 0 Å². The van der Waals surface area contributed by atoms with Gasteiger partial charge in [0.15, 0.2) is 0 Å². The van der Waals surface area contributed by atoms with Crippen LogP contribution in [-0.2, 0) is 10.0 Å². The molecule has 0 bridgehead atoms. The van der Waals surface area contributed by atoms with E-state index in [0.717, 1.165) is 25.1 Å². The first-order chi connectivity index (χ1) is 9.81. The average molecular weight is 376 g/mol. The van der Waals surface area contributed by atoms with Gasteiger partial charge in [-0.1, -0.05) is 0 Å². The summed E-state index contributed by atoms with van der Waals surface area (Å²) in [5.41, 5.74) is 0.855. The van der Waals surface area contributed by atoms with Crippen molar-refractivity contribution < 1.29 is 8.42 Å². The van der Waals surface area contributed by atoms with Crippen LogP contribution in [0.15, 0.2) is 27.6 Å². The largest absolute Gasteiger partial charge is 0.378 e. The molecular formula is C14H22BrN3O2S. The van der Waals surface area contributed by atoms with Crippen LogP contribution in [0, 0.1) is 0 Å². The highest BCUT2D eigenvalue weighted by molar-refractivity contribution is 9.10. The smallest absolute Gasteiger partial charge is 0.242 e. The van der Waals surface area contributed by atoms with Crippen molar-refractivity contribution in [2.45, 2.75) is 36.7 Å². The zero-order valence-electron chi connectivity index (χ0n) is 12.6. The molecule has 2 N–H and O–H groups in total. The molecule has 0 saturated carbocycles. The normalized spacial score (nSPS) is 23.0. The van der Waals surface area contributed by atoms with Gasteiger partial charge >= 0.3 is 0 Å². The lowest BCUT2D eigenvalue weighted by Gasteiger charge is -2.30. The number of anilines is 1. The van der Waals surface area contributed by atoms with Gasteiger partial charge in [0.2, 0.25) is 10.0 Å². The van der Waals surface area contributed by atoms with E-state index in [1.165, 1.54) is 0 Å². The highest BCUT2D eigenvalue weighted by atomic mass is 79.9. The molecule has 0 spiro atoms. The van der Waals surface area contributed by atoms with Gasteiger partial charge in [0.05, 0.1) is 4.90 Å². The number of benzene rings is 1. The molecule has 1 aliphatic rings. The molecule has 1 saturated heterocycles. The van der Waals surface area contributed by atoms with Crippen LogP contribution in [0.4, 0.5) is 5.69 Å². The molecule has 0 amide bonds. The molecule has 1 aliphatic heterocycles. The van der Waals surface area contributed by atoms with Crippen molar-refractivity contribution in [3.8, 4) is 0 Å². The molecule has 7 heteroatoms. The van der Waals surface area contributed by atoms with Crippen molar-refractivity contribution in [3.63, 3.8) is 0 Å². The van der Waals surface area contributed by atoms with Crippen LogP contribution in [0.25, 0.3) is 0 Å². The van der Waals surface area contributed by atoms with Crippen LogP contribution in [0.2, 0.25) is 0 Å². The molecule has 1 aromatic rings. The lowest BCUT2D eigenvalue weighted by molar-refractivity contribution is 0.349. The highest BCUT2D eigenvalue weighted by Crippen LogP contribution is 2.27. The molecule has 0 aromatic heterocycles. The van der Waals surface area contributed by atoms with Crippen LogP contribution >= 0.6 is 15.9 Å². The molecule has 5 nitrogen and oxygen atoms in total. The van der Waals surface area contributed by atoms with Gasteiger partial charge in [0.1, 0.15) is 0 Å². The summed E-state index contributed by atoms with van der Waals surface area (Å²) >= 11 is 3.34. The van der Waals surface area contributed by atoms with Crippen molar-refractivity contribution in [1.82, 2.24) is 10.0 Å². The van der Waals surface area contributed by atoms with E-state index in [9.17, 15) is 8.42 Å². The summed E-state index contributed by atoms with van der Waals surface area (Å²) in [7, 11) is 0.235. The molecular weight excluding hydrogens is 354 g/mol. The summed E-state index contributed by atoms with van der Waals surface area (Å²) in [6.07, 6.45) is 1.84. The Morgan fingerprint density at radius 2 is 2.10 bits per heavy atom. The molecule has 1 fully saturated rings. The number of nitrogens with zero attached hydrogens (tertiary/aromatic N) is 1. The van der Waals surface area contributed by atoms with Crippen molar-refractivity contribution in [2.24, 2.45) is 0 Å². The average Bonchev–Trinajstić information content (AvgIpc) is 2.41. The van der Waals surface area contributed by atoms with E-state index >= 15 is 0 Å². The van der Waals surface area contributed by atoms with Gasteiger partial charge < -0.3 is 10.2 Å². The molecule has 21 heavy (non-hydrogen) atoms. The number of halogens is 1. The summed E-state index contributed by atoms with van der Waals surface area (Å²) in [4.78, 5) is 2.17. The van der Waals surface area contributed by atoms with Crippen LogP contribution in [-0.4, -0.2) is 41.1 Å². The Bertz CT molecular complexity index is 604. The quantitative estimate of drug-likeness (QED) is 0.843. The lowest BCUT2D eigenvalue weighted by atomic mass is 10.0. The molecule has 2 atom stereocenters. The minimum Gasteiger partial charge on any atom is -0.378 e. The van der Waals surface area contributed by atoms with Gasteiger partial charge in [-0.2, -0.15) is 0 Å². The van der Waals surface area contributed by atoms with Gasteiger partial charge in [-0.3, -0.25) is 0 Å². The second-order valence-corrected chi connectivity index (χ2v) is 8.16. The second kappa shape index (κ2) is 6.64. The number of sulfonamides is 1. The third-order valence-electron chi connectivity index (χ3n) is 3.79. The Hall–Kier alpha value is -0.630. The Labute approximate surface area is 135 Å². The highest BCUT2D eigenvalue weighted by Gasteiger charge is 2.27. The predicted octanol–water partition coefficient (Wildman–Crippen LogP) is 1.93. The summed E-state index contributed by atoms with van der Waals surface area (Å²) in [6, 6.07) is 5.41. The van der Waals surface area contributed by atoms with Crippen molar-refractivity contribution in [3.05, 3.63) is 22.7 Å². The van der Waals surface area contributed by atoms with Crippen LogP contribution in [0.5, 0.6) is 0 Å². The maximum atomic E-state index is 12.7. The SMILES string of the molecule is CC1NCCCC1NS(=O)(=O)c1cc(N(C)C)ccc1Br. The molecule has 0 aliphatic carbocycles. The van der Waals surface area contributed by atoms with Gasteiger partial charge in [0, 0.05) is 36.3 Å². The van der Waals surface area contributed by atoms with E-state index in [-0.39, 0.29) is 17.0 Å². The van der Waals surface area contributed by atoms with Gasteiger partial charge in [0.25, 0.3) is 0 Å². The first kappa shape index (κ1) is 16.7. The van der Waals surface area contributed by atoms with Crippen molar-refractivity contribution in [2.75, 3.05) is 25.5 Å². The molecule has 2 unspecified atom stereocenters. The van der Waals surface area contributed by atoms with E-state index in [4.69, 9.17) is 0 Å². The number of rotatable bonds is 4. The van der Waals surface area contributed by atoms with E-state index < -0.39 is 10.0 Å².